The average molecular weight is 419 g/mol. The van der Waals surface area contributed by atoms with E-state index in [1.54, 1.807) is 29.3 Å². The maximum absolute atomic E-state index is 13.1. The van der Waals surface area contributed by atoms with Gasteiger partial charge in [-0.1, -0.05) is 24.3 Å². The number of benzene rings is 2. The van der Waals surface area contributed by atoms with Crippen LogP contribution in [0.2, 0.25) is 0 Å². The van der Waals surface area contributed by atoms with Crippen LogP contribution < -0.4 is 4.90 Å². The molecular formula is C24H22FN3O3. The summed E-state index contributed by atoms with van der Waals surface area (Å²) in [6.07, 6.45) is 4.65. The summed E-state index contributed by atoms with van der Waals surface area (Å²) in [5.41, 5.74) is 2.52. The van der Waals surface area contributed by atoms with Crippen molar-refractivity contribution in [2.45, 2.75) is 0 Å². The molecule has 1 amide bonds. The molecule has 1 saturated heterocycles. The van der Waals surface area contributed by atoms with E-state index in [2.05, 4.69) is 9.88 Å². The van der Waals surface area contributed by atoms with Crippen molar-refractivity contribution in [1.29, 1.82) is 0 Å². The summed E-state index contributed by atoms with van der Waals surface area (Å²) in [5, 5.41) is 0.980. The first-order chi connectivity index (χ1) is 15.1. The Morgan fingerprint density at radius 1 is 1.00 bits per heavy atom. The van der Waals surface area contributed by atoms with E-state index in [1.807, 2.05) is 30.3 Å². The number of hydrogen-bond donors (Lipinski definition) is 0. The molecule has 31 heavy (non-hydrogen) atoms. The van der Waals surface area contributed by atoms with Crippen molar-refractivity contribution >= 4 is 34.5 Å². The maximum Gasteiger partial charge on any atom is 0.331 e. The largest absolute Gasteiger partial charge is 0.452 e. The number of fused-ring (bicyclic) bond motifs is 1. The first-order valence-corrected chi connectivity index (χ1v) is 10.1. The van der Waals surface area contributed by atoms with E-state index in [9.17, 15) is 14.0 Å². The van der Waals surface area contributed by atoms with E-state index >= 15 is 0 Å². The van der Waals surface area contributed by atoms with Gasteiger partial charge in [0, 0.05) is 55.1 Å². The predicted molar refractivity (Wildman–Crippen MR) is 117 cm³/mol. The summed E-state index contributed by atoms with van der Waals surface area (Å²) in [6, 6.07) is 15.8. The Morgan fingerprint density at radius 3 is 2.52 bits per heavy atom. The molecule has 1 aliphatic heterocycles. The van der Waals surface area contributed by atoms with Crippen LogP contribution in [0.4, 0.5) is 10.1 Å². The molecule has 1 fully saturated rings. The molecule has 7 heteroatoms. The van der Waals surface area contributed by atoms with E-state index in [4.69, 9.17) is 4.74 Å². The third-order valence-corrected chi connectivity index (χ3v) is 5.22. The highest BCUT2D eigenvalue weighted by Gasteiger charge is 2.22. The van der Waals surface area contributed by atoms with Gasteiger partial charge in [-0.25, -0.2) is 9.18 Å². The predicted octanol–water partition coefficient (Wildman–Crippen LogP) is 3.28. The van der Waals surface area contributed by atoms with Crippen LogP contribution >= 0.6 is 0 Å². The number of para-hydroxylation sites is 1. The van der Waals surface area contributed by atoms with Gasteiger partial charge < -0.3 is 14.5 Å². The SMILES string of the molecule is O=C(/C=C/c1cccc2cccnc12)OCC(=O)N1CCN(c2ccc(F)cc2)CC1. The van der Waals surface area contributed by atoms with Gasteiger partial charge >= 0.3 is 5.97 Å². The van der Waals surface area contributed by atoms with E-state index in [-0.39, 0.29) is 18.3 Å². The van der Waals surface area contributed by atoms with E-state index in [1.165, 1.54) is 18.2 Å². The van der Waals surface area contributed by atoms with Crippen molar-refractivity contribution < 1.29 is 18.7 Å². The van der Waals surface area contributed by atoms with Crippen molar-refractivity contribution in [2.24, 2.45) is 0 Å². The summed E-state index contributed by atoms with van der Waals surface area (Å²) in [4.78, 5) is 32.6. The Labute approximate surface area is 179 Å². The summed E-state index contributed by atoms with van der Waals surface area (Å²) < 4.78 is 18.2. The molecule has 0 unspecified atom stereocenters. The fraction of sp³-hybridized carbons (Fsp3) is 0.208. The van der Waals surface area contributed by atoms with Crippen LogP contribution in [0, 0.1) is 5.82 Å². The Morgan fingerprint density at radius 2 is 1.74 bits per heavy atom. The fourth-order valence-corrected chi connectivity index (χ4v) is 3.56. The highest BCUT2D eigenvalue weighted by molar-refractivity contribution is 5.93. The number of piperazine rings is 1. The number of rotatable bonds is 5. The lowest BCUT2D eigenvalue weighted by molar-refractivity contribution is -0.148. The topological polar surface area (TPSA) is 62.7 Å². The number of carbonyl (C=O) groups is 2. The number of aromatic nitrogens is 1. The first-order valence-electron chi connectivity index (χ1n) is 10.1. The van der Waals surface area contributed by atoms with Crippen LogP contribution in [0.15, 0.2) is 66.9 Å². The third kappa shape index (κ3) is 5.06. The Hall–Kier alpha value is -3.74. The molecule has 3 aromatic rings. The van der Waals surface area contributed by atoms with Gasteiger partial charge in [0.05, 0.1) is 5.52 Å². The molecule has 0 atom stereocenters. The Balaban J connectivity index is 1.26. The van der Waals surface area contributed by atoms with Crippen molar-refractivity contribution in [3.05, 3.63) is 78.3 Å². The molecular weight excluding hydrogens is 397 g/mol. The molecule has 6 nitrogen and oxygen atoms in total. The summed E-state index contributed by atoms with van der Waals surface area (Å²) in [7, 11) is 0. The normalized spacial score (nSPS) is 14.2. The van der Waals surface area contributed by atoms with Gasteiger partial charge in [0.2, 0.25) is 0 Å². The van der Waals surface area contributed by atoms with Crippen LogP contribution in [0.5, 0.6) is 0 Å². The second-order valence-electron chi connectivity index (χ2n) is 7.21. The summed E-state index contributed by atoms with van der Waals surface area (Å²) >= 11 is 0. The number of amides is 1. The average Bonchev–Trinajstić information content (AvgIpc) is 2.81. The number of nitrogens with zero attached hydrogens (tertiary/aromatic N) is 3. The highest BCUT2D eigenvalue weighted by atomic mass is 19.1. The number of ether oxygens (including phenoxy) is 1. The lowest BCUT2D eigenvalue weighted by Crippen LogP contribution is -2.49. The number of halogens is 1. The van der Waals surface area contributed by atoms with Gasteiger partial charge in [-0.05, 0) is 36.4 Å². The molecule has 2 aromatic carbocycles. The number of esters is 1. The van der Waals surface area contributed by atoms with Gasteiger partial charge in [0.1, 0.15) is 5.82 Å². The summed E-state index contributed by atoms with van der Waals surface area (Å²) in [5.74, 6) is -1.08. The summed E-state index contributed by atoms with van der Waals surface area (Å²) in [6.45, 7) is 2.02. The standard InChI is InChI=1S/C24H22FN3O3/c25-20-7-9-21(10-8-20)27-13-15-28(16-14-27)22(29)17-31-23(30)11-6-19-4-1-3-18-5-2-12-26-24(18)19/h1-12H,13-17H2/b11-6+. The molecule has 0 saturated carbocycles. The van der Waals surface area contributed by atoms with E-state index in [0.717, 1.165) is 22.2 Å². The van der Waals surface area contributed by atoms with Gasteiger partial charge in [-0.15, -0.1) is 0 Å². The van der Waals surface area contributed by atoms with E-state index in [0.29, 0.717) is 26.2 Å². The molecule has 0 aliphatic carbocycles. The lowest BCUT2D eigenvalue weighted by atomic mass is 10.1. The monoisotopic (exact) mass is 419 g/mol. The second kappa shape index (κ2) is 9.38. The number of anilines is 1. The molecule has 0 bridgehead atoms. The molecule has 4 rings (SSSR count). The zero-order valence-electron chi connectivity index (χ0n) is 16.9. The second-order valence-corrected chi connectivity index (χ2v) is 7.21. The lowest BCUT2D eigenvalue weighted by Gasteiger charge is -2.36. The molecule has 1 aromatic heterocycles. The minimum absolute atomic E-state index is 0.229. The smallest absolute Gasteiger partial charge is 0.331 e. The molecule has 158 valence electrons. The molecule has 0 spiro atoms. The van der Waals surface area contributed by atoms with Crippen molar-refractivity contribution in [2.75, 3.05) is 37.7 Å². The van der Waals surface area contributed by atoms with Crippen LogP contribution in [-0.4, -0.2) is 54.5 Å². The van der Waals surface area contributed by atoms with Gasteiger partial charge in [-0.3, -0.25) is 9.78 Å². The van der Waals surface area contributed by atoms with Crippen LogP contribution in [0.3, 0.4) is 0 Å². The molecule has 2 heterocycles. The molecule has 0 radical (unpaired) electrons. The Bertz CT molecular complexity index is 1100. The highest BCUT2D eigenvalue weighted by Crippen LogP contribution is 2.18. The Kier molecular flexibility index (Phi) is 6.21. The van der Waals surface area contributed by atoms with Crippen molar-refractivity contribution in [3.63, 3.8) is 0 Å². The molecule has 1 aliphatic rings. The van der Waals surface area contributed by atoms with Crippen LogP contribution in [0.1, 0.15) is 5.56 Å². The minimum Gasteiger partial charge on any atom is -0.452 e. The minimum atomic E-state index is -0.578. The quantitative estimate of drug-likeness (QED) is 0.469. The maximum atomic E-state index is 13.1. The number of pyridine rings is 1. The van der Waals surface area contributed by atoms with Gasteiger partial charge in [-0.2, -0.15) is 0 Å². The fourth-order valence-electron chi connectivity index (χ4n) is 3.56. The van der Waals surface area contributed by atoms with Crippen LogP contribution in [-0.2, 0) is 14.3 Å². The van der Waals surface area contributed by atoms with Crippen molar-refractivity contribution in [1.82, 2.24) is 9.88 Å². The zero-order chi connectivity index (χ0) is 21.6. The van der Waals surface area contributed by atoms with Crippen LogP contribution in [0.25, 0.3) is 17.0 Å². The van der Waals surface area contributed by atoms with Gasteiger partial charge in [0.25, 0.3) is 5.91 Å². The number of carbonyl (C=O) groups excluding carboxylic acids is 2. The third-order valence-electron chi connectivity index (χ3n) is 5.22. The van der Waals surface area contributed by atoms with E-state index < -0.39 is 5.97 Å². The van der Waals surface area contributed by atoms with Crippen molar-refractivity contribution in [3.8, 4) is 0 Å². The van der Waals surface area contributed by atoms with Gasteiger partial charge in [0.15, 0.2) is 6.61 Å². The zero-order valence-corrected chi connectivity index (χ0v) is 16.9. The number of hydrogen-bond acceptors (Lipinski definition) is 5. The first kappa shape index (κ1) is 20.5. The molecule has 0 N–H and O–H groups in total.